The van der Waals surface area contributed by atoms with Gasteiger partial charge in [-0.15, -0.1) is 0 Å². The van der Waals surface area contributed by atoms with Gasteiger partial charge in [0.15, 0.2) is 0 Å². The topological polar surface area (TPSA) is 37.8 Å². The summed E-state index contributed by atoms with van der Waals surface area (Å²) in [6.45, 7) is 3.17. The van der Waals surface area contributed by atoms with Crippen molar-refractivity contribution >= 4 is 16.7 Å². The van der Waals surface area contributed by atoms with Crippen molar-refractivity contribution in [1.29, 1.82) is 0 Å². The van der Waals surface area contributed by atoms with Gasteiger partial charge in [-0.1, -0.05) is 13.3 Å². The average molecular weight is 157 g/mol. The van der Waals surface area contributed by atoms with E-state index in [-0.39, 0.29) is 0 Å². The molecular formula is C6H11N3S. The van der Waals surface area contributed by atoms with E-state index in [2.05, 4.69) is 21.6 Å². The van der Waals surface area contributed by atoms with Gasteiger partial charge in [0.2, 0.25) is 5.13 Å². The maximum absolute atomic E-state index is 3.98. The maximum atomic E-state index is 3.98. The normalized spacial score (nSPS) is 9.70. The molecule has 56 valence electrons. The lowest BCUT2D eigenvalue weighted by Gasteiger charge is -1.97. The number of hydrogen-bond donors (Lipinski definition) is 1. The summed E-state index contributed by atoms with van der Waals surface area (Å²) in [6, 6.07) is 0. The van der Waals surface area contributed by atoms with Crippen molar-refractivity contribution in [3.05, 3.63) is 6.33 Å². The fourth-order valence-corrected chi connectivity index (χ4v) is 1.08. The molecule has 1 N–H and O–H groups in total. The van der Waals surface area contributed by atoms with E-state index in [1.165, 1.54) is 24.4 Å². The van der Waals surface area contributed by atoms with Gasteiger partial charge in [0.25, 0.3) is 0 Å². The molecule has 1 aromatic rings. The van der Waals surface area contributed by atoms with Gasteiger partial charge in [0.1, 0.15) is 6.33 Å². The molecule has 0 saturated carbocycles. The summed E-state index contributed by atoms with van der Waals surface area (Å²) in [5.41, 5.74) is 0. The minimum Gasteiger partial charge on any atom is -0.360 e. The Morgan fingerprint density at radius 3 is 3.20 bits per heavy atom. The van der Waals surface area contributed by atoms with Crippen LogP contribution in [0.1, 0.15) is 19.8 Å². The first-order valence-electron chi connectivity index (χ1n) is 3.44. The molecular weight excluding hydrogens is 146 g/mol. The molecule has 3 nitrogen and oxygen atoms in total. The summed E-state index contributed by atoms with van der Waals surface area (Å²) in [4.78, 5) is 3.98. The van der Waals surface area contributed by atoms with Gasteiger partial charge < -0.3 is 5.32 Å². The first-order chi connectivity index (χ1) is 4.93. The summed E-state index contributed by atoms with van der Waals surface area (Å²) < 4.78 is 3.87. The second-order valence-electron chi connectivity index (χ2n) is 2.03. The first-order valence-corrected chi connectivity index (χ1v) is 4.21. The zero-order valence-corrected chi connectivity index (χ0v) is 6.82. The molecule has 0 saturated heterocycles. The highest BCUT2D eigenvalue weighted by molar-refractivity contribution is 7.09. The molecule has 0 bridgehead atoms. The molecule has 0 spiro atoms. The van der Waals surface area contributed by atoms with E-state index in [0.717, 1.165) is 11.7 Å². The van der Waals surface area contributed by atoms with Crippen molar-refractivity contribution in [3.8, 4) is 0 Å². The second kappa shape index (κ2) is 4.22. The molecule has 0 aliphatic heterocycles. The average Bonchev–Trinajstić information content (AvgIpc) is 2.41. The van der Waals surface area contributed by atoms with E-state index in [4.69, 9.17) is 0 Å². The van der Waals surface area contributed by atoms with Crippen molar-refractivity contribution in [1.82, 2.24) is 9.36 Å². The fraction of sp³-hybridized carbons (Fsp3) is 0.667. The third-order valence-corrected chi connectivity index (χ3v) is 1.79. The highest BCUT2D eigenvalue weighted by Crippen LogP contribution is 2.05. The van der Waals surface area contributed by atoms with Gasteiger partial charge in [-0.2, -0.15) is 4.37 Å². The quantitative estimate of drug-likeness (QED) is 0.677. The Labute approximate surface area is 64.7 Å². The Morgan fingerprint density at radius 2 is 2.60 bits per heavy atom. The predicted octanol–water partition coefficient (Wildman–Crippen LogP) is 1.75. The molecule has 1 rings (SSSR count). The summed E-state index contributed by atoms with van der Waals surface area (Å²) in [5.74, 6) is 0. The molecule has 0 fully saturated rings. The maximum Gasteiger partial charge on any atom is 0.202 e. The smallest absolute Gasteiger partial charge is 0.202 e. The van der Waals surface area contributed by atoms with Crippen LogP contribution in [0.15, 0.2) is 6.33 Å². The van der Waals surface area contributed by atoms with E-state index < -0.39 is 0 Å². The van der Waals surface area contributed by atoms with Crippen LogP contribution in [0.4, 0.5) is 5.13 Å². The summed E-state index contributed by atoms with van der Waals surface area (Å²) in [5, 5.41) is 4.09. The highest BCUT2D eigenvalue weighted by Gasteiger charge is 1.91. The van der Waals surface area contributed by atoms with Crippen LogP contribution < -0.4 is 5.32 Å². The number of rotatable bonds is 4. The minimum atomic E-state index is 0.924. The van der Waals surface area contributed by atoms with Gasteiger partial charge in [-0.3, -0.25) is 0 Å². The minimum absolute atomic E-state index is 0.924. The van der Waals surface area contributed by atoms with Crippen LogP contribution in [0.25, 0.3) is 0 Å². The second-order valence-corrected chi connectivity index (χ2v) is 2.81. The van der Waals surface area contributed by atoms with Crippen molar-refractivity contribution in [3.63, 3.8) is 0 Å². The number of nitrogens with one attached hydrogen (secondary N) is 1. The van der Waals surface area contributed by atoms with Crippen molar-refractivity contribution in [2.45, 2.75) is 19.8 Å². The molecule has 0 aliphatic carbocycles. The van der Waals surface area contributed by atoms with Crippen molar-refractivity contribution in [2.75, 3.05) is 11.9 Å². The molecule has 0 atom stereocenters. The molecule has 0 aliphatic rings. The van der Waals surface area contributed by atoms with Gasteiger partial charge >= 0.3 is 0 Å². The Balaban J connectivity index is 2.15. The van der Waals surface area contributed by atoms with Crippen LogP contribution in [0.5, 0.6) is 0 Å². The van der Waals surface area contributed by atoms with Crippen LogP contribution in [0, 0.1) is 0 Å². The Hall–Kier alpha value is -0.640. The van der Waals surface area contributed by atoms with Gasteiger partial charge in [0.05, 0.1) is 0 Å². The van der Waals surface area contributed by atoms with Gasteiger partial charge in [-0.25, -0.2) is 4.98 Å². The SMILES string of the molecule is CCCCNc1ncns1. The molecule has 10 heavy (non-hydrogen) atoms. The molecule has 0 amide bonds. The fourth-order valence-electron chi connectivity index (χ4n) is 0.623. The molecule has 4 heteroatoms. The lowest BCUT2D eigenvalue weighted by atomic mass is 10.3. The number of anilines is 1. The van der Waals surface area contributed by atoms with Crippen molar-refractivity contribution in [2.24, 2.45) is 0 Å². The predicted molar refractivity (Wildman–Crippen MR) is 43.3 cm³/mol. The van der Waals surface area contributed by atoms with Gasteiger partial charge in [0, 0.05) is 18.1 Å². The third-order valence-electron chi connectivity index (χ3n) is 1.17. The standard InChI is InChI=1S/C6H11N3S/c1-2-3-4-7-6-8-5-9-10-6/h5H,2-4H2,1H3,(H,7,8,9). The lowest BCUT2D eigenvalue weighted by molar-refractivity contribution is 0.833. The lowest BCUT2D eigenvalue weighted by Crippen LogP contribution is -1.99. The molecule has 0 radical (unpaired) electrons. The van der Waals surface area contributed by atoms with Crippen LogP contribution in [0.2, 0.25) is 0 Å². The zero-order chi connectivity index (χ0) is 7.23. The molecule has 0 unspecified atom stereocenters. The summed E-state index contributed by atoms with van der Waals surface area (Å²) in [7, 11) is 0. The van der Waals surface area contributed by atoms with Crippen LogP contribution in [0.3, 0.4) is 0 Å². The summed E-state index contributed by atoms with van der Waals surface area (Å²) >= 11 is 1.40. The highest BCUT2D eigenvalue weighted by atomic mass is 32.1. The molecule has 1 aromatic heterocycles. The molecule has 0 aromatic carbocycles. The van der Waals surface area contributed by atoms with E-state index in [0.29, 0.717) is 0 Å². The third kappa shape index (κ3) is 2.31. The monoisotopic (exact) mass is 157 g/mol. The number of aromatic nitrogens is 2. The Bertz CT molecular complexity index is 162. The zero-order valence-electron chi connectivity index (χ0n) is 6.00. The van der Waals surface area contributed by atoms with E-state index in [1.807, 2.05) is 0 Å². The van der Waals surface area contributed by atoms with E-state index in [1.54, 1.807) is 6.33 Å². The summed E-state index contributed by atoms with van der Waals surface area (Å²) in [6.07, 6.45) is 3.98. The van der Waals surface area contributed by atoms with E-state index in [9.17, 15) is 0 Å². The van der Waals surface area contributed by atoms with Crippen LogP contribution in [-0.4, -0.2) is 15.9 Å². The van der Waals surface area contributed by atoms with Crippen molar-refractivity contribution < 1.29 is 0 Å². The number of nitrogens with zero attached hydrogens (tertiary/aromatic N) is 2. The van der Waals surface area contributed by atoms with Crippen LogP contribution in [-0.2, 0) is 0 Å². The molecule has 1 heterocycles. The number of unbranched alkanes of at least 4 members (excludes halogenated alkanes) is 1. The Morgan fingerprint density at radius 1 is 1.70 bits per heavy atom. The van der Waals surface area contributed by atoms with Gasteiger partial charge in [-0.05, 0) is 6.42 Å². The van der Waals surface area contributed by atoms with Crippen LogP contribution >= 0.6 is 11.5 Å². The van der Waals surface area contributed by atoms with E-state index >= 15 is 0 Å². The first kappa shape index (κ1) is 7.47. The largest absolute Gasteiger partial charge is 0.360 e. The Kier molecular flexibility index (Phi) is 3.15. The number of hydrogen-bond acceptors (Lipinski definition) is 4.